The molecule has 18 heavy (non-hydrogen) atoms. The van der Waals surface area contributed by atoms with E-state index in [1.807, 2.05) is 12.1 Å². The first-order valence-electron chi connectivity index (χ1n) is 6.36. The number of ether oxygens (including phenoxy) is 1. The van der Waals surface area contributed by atoms with E-state index >= 15 is 0 Å². The number of rotatable bonds is 4. The molecule has 2 heteroatoms. The highest BCUT2D eigenvalue weighted by molar-refractivity contribution is 5.25. The maximum Gasteiger partial charge on any atom is 0.123 e. The summed E-state index contributed by atoms with van der Waals surface area (Å²) in [4.78, 5) is 0. The molecule has 1 unspecified atom stereocenters. The number of allylic oxidation sites excluding steroid dienone is 3. The molecule has 0 aliphatic heterocycles. The molecule has 0 heterocycles. The molecule has 0 N–H and O–H groups in total. The SMILES string of the molecule is COC1=CCC(CCc2ccc(F)cc2)C(C)=C1. The van der Waals surface area contributed by atoms with Crippen LogP contribution in [0.1, 0.15) is 25.3 Å². The van der Waals surface area contributed by atoms with Gasteiger partial charge in [-0.2, -0.15) is 0 Å². The number of hydrogen-bond donors (Lipinski definition) is 0. The quantitative estimate of drug-likeness (QED) is 0.771. The highest BCUT2D eigenvalue weighted by atomic mass is 19.1. The minimum Gasteiger partial charge on any atom is -0.497 e. The van der Waals surface area contributed by atoms with E-state index in [0.717, 1.165) is 25.0 Å². The zero-order valence-electron chi connectivity index (χ0n) is 10.9. The van der Waals surface area contributed by atoms with Crippen LogP contribution in [0.4, 0.5) is 4.39 Å². The lowest BCUT2D eigenvalue weighted by Crippen LogP contribution is -2.08. The molecule has 1 nitrogen and oxygen atoms in total. The molecule has 96 valence electrons. The number of aryl methyl sites for hydroxylation is 1. The second-order valence-electron chi connectivity index (χ2n) is 4.80. The Morgan fingerprint density at radius 2 is 2.00 bits per heavy atom. The van der Waals surface area contributed by atoms with Crippen molar-refractivity contribution in [2.24, 2.45) is 5.92 Å². The fourth-order valence-electron chi connectivity index (χ4n) is 2.33. The van der Waals surface area contributed by atoms with E-state index in [4.69, 9.17) is 4.74 Å². The van der Waals surface area contributed by atoms with Crippen LogP contribution in [-0.4, -0.2) is 7.11 Å². The summed E-state index contributed by atoms with van der Waals surface area (Å²) >= 11 is 0. The van der Waals surface area contributed by atoms with Gasteiger partial charge < -0.3 is 4.74 Å². The molecule has 1 atom stereocenters. The molecule has 0 saturated carbocycles. The molecule has 0 aromatic heterocycles. The summed E-state index contributed by atoms with van der Waals surface area (Å²) in [5.41, 5.74) is 2.57. The van der Waals surface area contributed by atoms with E-state index in [9.17, 15) is 4.39 Å². The Kier molecular flexibility index (Phi) is 4.19. The summed E-state index contributed by atoms with van der Waals surface area (Å²) in [6.45, 7) is 2.15. The standard InChI is InChI=1S/C16H19FO/c1-12-11-16(18-2)10-7-14(12)6-3-13-4-8-15(17)9-5-13/h4-5,8-11,14H,3,6-7H2,1-2H3. The predicted octanol–water partition coefficient (Wildman–Crippen LogP) is 4.25. The lowest BCUT2D eigenvalue weighted by atomic mass is 9.87. The van der Waals surface area contributed by atoms with E-state index in [1.165, 1.54) is 23.3 Å². The molecule has 0 radical (unpaired) electrons. The van der Waals surface area contributed by atoms with E-state index in [0.29, 0.717) is 5.92 Å². The minimum absolute atomic E-state index is 0.167. The first-order chi connectivity index (χ1) is 8.69. The highest BCUT2D eigenvalue weighted by Crippen LogP contribution is 2.27. The third-order valence-electron chi connectivity index (χ3n) is 3.55. The van der Waals surface area contributed by atoms with E-state index in [2.05, 4.69) is 19.1 Å². The van der Waals surface area contributed by atoms with Crippen molar-refractivity contribution < 1.29 is 9.13 Å². The Hall–Kier alpha value is -1.57. The van der Waals surface area contributed by atoms with Crippen LogP contribution in [0, 0.1) is 11.7 Å². The molecule has 1 aliphatic carbocycles. The summed E-state index contributed by atoms with van der Waals surface area (Å²) in [7, 11) is 1.70. The Morgan fingerprint density at radius 1 is 1.28 bits per heavy atom. The third-order valence-corrected chi connectivity index (χ3v) is 3.55. The van der Waals surface area contributed by atoms with Gasteiger partial charge in [-0.1, -0.05) is 17.7 Å². The zero-order chi connectivity index (χ0) is 13.0. The summed E-state index contributed by atoms with van der Waals surface area (Å²) in [6.07, 6.45) is 7.38. The van der Waals surface area contributed by atoms with Gasteiger partial charge in [0.1, 0.15) is 11.6 Å². The first-order valence-corrected chi connectivity index (χ1v) is 6.36. The largest absolute Gasteiger partial charge is 0.497 e. The van der Waals surface area contributed by atoms with Crippen molar-refractivity contribution in [1.29, 1.82) is 0 Å². The second-order valence-corrected chi connectivity index (χ2v) is 4.80. The molecule has 0 spiro atoms. The van der Waals surface area contributed by atoms with Gasteiger partial charge in [-0.05, 0) is 62.0 Å². The smallest absolute Gasteiger partial charge is 0.123 e. The first kappa shape index (κ1) is 12.9. The van der Waals surface area contributed by atoms with Gasteiger partial charge in [-0.25, -0.2) is 4.39 Å². The van der Waals surface area contributed by atoms with Gasteiger partial charge in [-0.3, -0.25) is 0 Å². The van der Waals surface area contributed by atoms with Crippen LogP contribution in [0.2, 0.25) is 0 Å². The second kappa shape index (κ2) is 5.85. The molecular formula is C16H19FO. The van der Waals surface area contributed by atoms with E-state index < -0.39 is 0 Å². The van der Waals surface area contributed by atoms with Gasteiger partial charge in [0.05, 0.1) is 7.11 Å². The number of halogens is 1. The van der Waals surface area contributed by atoms with Gasteiger partial charge in [0.2, 0.25) is 0 Å². The number of hydrogen-bond acceptors (Lipinski definition) is 1. The molecule has 1 aromatic carbocycles. The lowest BCUT2D eigenvalue weighted by molar-refractivity contribution is 0.299. The van der Waals surface area contributed by atoms with Crippen LogP contribution in [0.25, 0.3) is 0 Å². The zero-order valence-corrected chi connectivity index (χ0v) is 10.9. The van der Waals surface area contributed by atoms with Crippen molar-refractivity contribution in [2.75, 3.05) is 7.11 Å². The Labute approximate surface area is 108 Å². The van der Waals surface area contributed by atoms with Crippen molar-refractivity contribution in [3.63, 3.8) is 0 Å². The third kappa shape index (κ3) is 3.22. The van der Waals surface area contributed by atoms with Crippen LogP contribution < -0.4 is 0 Å². The molecule has 0 amide bonds. The monoisotopic (exact) mass is 246 g/mol. The summed E-state index contributed by atoms with van der Waals surface area (Å²) in [5, 5.41) is 0. The van der Waals surface area contributed by atoms with Crippen molar-refractivity contribution in [3.05, 3.63) is 59.1 Å². The van der Waals surface area contributed by atoms with Gasteiger partial charge in [-0.15, -0.1) is 0 Å². The van der Waals surface area contributed by atoms with Crippen LogP contribution in [0.5, 0.6) is 0 Å². The summed E-state index contributed by atoms with van der Waals surface area (Å²) < 4.78 is 18.0. The Bertz CT molecular complexity index is 456. The van der Waals surface area contributed by atoms with Gasteiger partial charge in [0.25, 0.3) is 0 Å². The molecule has 1 aliphatic rings. The Morgan fingerprint density at radius 3 is 2.61 bits per heavy atom. The van der Waals surface area contributed by atoms with Crippen molar-refractivity contribution >= 4 is 0 Å². The van der Waals surface area contributed by atoms with Gasteiger partial charge in [0.15, 0.2) is 0 Å². The number of benzene rings is 1. The molecule has 2 rings (SSSR count). The average molecular weight is 246 g/mol. The van der Waals surface area contributed by atoms with Crippen molar-refractivity contribution in [1.82, 2.24) is 0 Å². The van der Waals surface area contributed by atoms with E-state index in [-0.39, 0.29) is 5.82 Å². The molecule has 0 bridgehead atoms. The van der Waals surface area contributed by atoms with Gasteiger partial charge in [0, 0.05) is 0 Å². The molecule has 1 aromatic rings. The van der Waals surface area contributed by atoms with Crippen LogP contribution >= 0.6 is 0 Å². The summed E-state index contributed by atoms with van der Waals surface area (Å²) in [5.74, 6) is 1.37. The molecule has 0 fully saturated rings. The molecular weight excluding hydrogens is 227 g/mol. The Balaban J connectivity index is 1.90. The predicted molar refractivity (Wildman–Crippen MR) is 71.7 cm³/mol. The molecule has 0 saturated heterocycles. The average Bonchev–Trinajstić information content (AvgIpc) is 2.39. The van der Waals surface area contributed by atoms with Crippen LogP contribution in [-0.2, 0) is 11.2 Å². The fraction of sp³-hybridized carbons (Fsp3) is 0.375. The van der Waals surface area contributed by atoms with Crippen LogP contribution in [0.3, 0.4) is 0 Å². The van der Waals surface area contributed by atoms with Gasteiger partial charge >= 0.3 is 0 Å². The summed E-state index contributed by atoms with van der Waals surface area (Å²) in [6, 6.07) is 6.80. The lowest BCUT2D eigenvalue weighted by Gasteiger charge is -2.21. The van der Waals surface area contributed by atoms with Crippen molar-refractivity contribution in [3.8, 4) is 0 Å². The van der Waals surface area contributed by atoms with E-state index in [1.54, 1.807) is 7.11 Å². The fourth-order valence-corrected chi connectivity index (χ4v) is 2.33. The number of methoxy groups -OCH3 is 1. The van der Waals surface area contributed by atoms with Crippen LogP contribution in [0.15, 0.2) is 47.7 Å². The van der Waals surface area contributed by atoms with Crippen molar-refractivity contribution in [2.45, 2.75) is 26.2 Å². The maximum atomic E-state index is 12.8. The minimum atomic E-state index is -0.167. The normalized spacial score (nSPS) is 19.2. The maximum absolute atomic E-state index is 12.8. The topological polar surface area (TPSA) is 9.23 Å². The highest BCUT2D eigenvalue weighted by Gasteiger charge is 2.14.